The van der Waals surface area contributed by atoms with Gasteiger partial charge in [0, 0.05) is 36.0 Å². The summed E-state index contributed by atoms with van der Waals surface area (Å²) in [7, 11) is 0. The molecule has 1 atom stereocenters. The fraction of sp³-hybridized carbons (Fsp3) is 0.345. The van der Waals surface area contributed by atoms with Crippen LogP contribution in [0.1, 0.15) is 30.7 Å². The molecule has 32 heavy (non-hydrogen) atoms. The molecule has 0 saturated carbocycles. The summed E-state index contributed by atoms with van der Waals surface area (Å²) >= 11 is 0. The summed E-state index contributed by atoms with van der Waals surface area (Å²) in [4.78, 5) is 4.98. The largest absolute Gasteiger partial charge is 0.493 e. The number of hydrogen-bond donors (Lipinski definition) is 0. The van der Waals surface area contributed by atoms with E-state index in [9.17, 15) is 0 Å². The maximum atomic E-state index is 5.99. The molecular weight excluding hydrogens is 392 g/mol. The Hall–Kier alpha value is -2.91. The van der Waals surface area contributed by atoms with E-state index in [-0.39, 0.29) is 0 Å². The quantitative estimate of drug-likeness (QED) is 0.210. The maximum absolute atomic E-state index is 5.99. The van der Waals surface area contributed by atoms with Gasteiger partial charge in [0.05, 0.1) is 43.8 Å². The van der Waals surface area contributed by atoms with Gasteiger partial charge in [-0.2, -0.15) is 0 Å². The lowest BCUT2D eigenvalue weighted by Crippen LogP contribution is -2.61. The monoisotopic (exact) mass is 423 g/mol. The molecule has 3 fully saturated rings. The van der Waals surface area contributed by atoms with Gasteiger partial charge in [0.15, 0.2) is 0 Å². The van der Waals surface area contributed by atoms with Crippen LogP contribution in [0.3, 0.4) is 0 Å². The molecule has 4 heterocycles. The molecule has 3 nitrogen and oxygen atoms in total. The van der Waals surface area contributed by atoms with Crippen molar-refractivity contribution >= 4 is 21.8 Å². The Kier molecular flexibility index (Phi) is 5.07. The van der Waals surface area contributed by atoms with Crippen molar-refractivity contribution in [1.82, 2.24) is 4.98 Å². The fourth-order valence-corrected chi connectivity index (χ4v) is 6.21. The average molecular weight is 424 g/mol. The molecule has 0 N–H and O–H groups in total. The van der Waals surface area contributed by atoms with Gasteiger partial charge in [-0.1, -0.05) is 48.5 Å². The zero-order valence-corrected chi connectivity index (χ0v) is 18.6. The summed E-state index contributed by atoms with van der Waals surface area (Å²) in [5.74, 6) is 2.44. The van der Waals surface area contributed by atoms with E-state index in [4.69, 9.17) is 9.72 Å². The van der Waals surface area contributed by atoms with Crippen LogP contribution >= 0.6 is 0 Å². The molecule has 0 amide bonds. The van der Waals surface area contributed by atoms with Crippen LogP contribution in [0.25, 0.3) is 21.8 Å². The van der Waals surface area contributed by atoms with E-state index in [1.165, 1.54) is 59.8 Å². The number of pyridine rings is 1. The van der Waals surface area contributed by atoms with Gasteiger partial charge in [0.25, 0.3) is 0 Å². The van der Waals surface area contributed by atoms with Gasteiger partial charge in [-0.3, -0.25) is 0 Å². The van der Waals surface area contributed by atoms with Gasteiger partial charge in [0.2, 0.25) is 0 Å². The predicted octanol–water partition coefficient (Wildman–Crippen LogP) is 6.18. The molecule has 7 rings (SSSR count). The highest BCUT2D eigenvalue weighted by molar-refractivity contribution is 5.94. The number of para-hydroxylation sites is 2. The summed E-state index contributed by atoms with van der Waals surface area (Å²) in [6.45, 7) is 5.96. The van der Waals surface area contributed by atoms with Gasteiger partial charge in [0.1, 0.15) is 5.75 Å². The second kappa shape index (κ2) is 8.22. The van der Waals surface area contributed by atoms with Crippen LogP contribution in [-0.4, -0.2) is 42.3 Å². The van der Waals surface area contributed by atoms with Crippen LogP contribution in [0.2, 0.25) is 0 Å². The number of hydrogen-bond acceptors (Lipinski definition) is 2. The minimum absolute atomic E-state index is 0.638. The van der Waals surface area contributed by atoms with Crippen molar-refractivity contribution < 1.29 is 9.22 Å². The van der Waals surface area contributed by atoms with Gasteiger partial charge in [-0.25, -0.2) is 4.98 Å². The van der Waals surface area contributed by atoms with Gasteiger partial charge in [-0.15, -0.1) is 0 Å². The summed E-state index contributed by atoms with van der Waals surface area (Å²) in [6, 6.07) is 27.9. The second-order valence-corrected chi connectivity index (χ2v) is 9.75. The first-order valence-corrected chi connectivity index (χ1v) is 12.1. The molecule has 162 valence electrons. The Labute approximate surface area is 190 Å². The van der Waals surface area contributed by atoms with Crippen LogP contribution in [0.5, 0.6) is 5.75 Å². The zero-order valence-electron chi connectivity index (χ0n) is 18.6. The van der Waals surface area contributed by atoms with Gasteiger partial charge >= 0.3 is 0 Å². The standard InChI is InChI=1S/C29H31N2O/c1-2-9-24(10-3-1)32-19-7-16-31-17-14-22(15-18-31)27(21-31)25-11-6-13-29-26(25)20-23-8-4-5-12-28(23)30-29/h1-6,8-13,20,22,27H,7,14-19,21H2/q+1/t22?,27-,31?/m1/s1. The summed E-state index contributed by atoms with van der Waals surface area (Å²) in [5, 5.41) is 2.60. The van der Waals surface area contributed by atoms with Crippen molar-refractivity contribution in [2.75, 3.05) is 32.8 Å². The smallest absolute Gasteiger partial charge is 0.119 e. The maximum Gasteiger partial charge on any atom is 0.119 e. The number of benzene rings is 3. The fourth-order valence-electron chi connectivity index (χ4n) is 6.21. The van der Waals surface area contributed by atoms with E-state index in [0.717, 1.165) is 35.7 Å². The third-order valence-electron chi connectivity index (χ3n) is 7.88. The molecule has 0 aliphatic carbocycles. The lowest BCUT2D eigenvalue weighted by atomic mass is 9.73. The number of ether oxygens (including phenoxy) is 1. The Morgan fingerprint density at radius 3 is 2.50 bits per heavy atom. The molecule has 0 radical (unpaired) electrons. The Morgan fingerprint density at radius 1 is 0.844 bits per heavy atom. The minimum atomic E-state index is 0.638. The molecule has 2 bridgehead atoms. The highest BCUT2D eigenvalue weighted by Gasteiger charge is 2.46. The minimum Gasteiger partial charge on any atom is -0.493 e. The number of fused-ring (bicyclic) bond motifs is 5. The van der Waals surface area contributed by atoms with Crippen LogP contribution in [-0.2, 0) is 0 Å². The second-order valence-electron chi connectivity index (χ2n) is 9.75. The first-order valence-electron chi connectivity index (χ1n) is 12.1. The van der Waals surface area contributed by atoms with Crippen molar-refractivity contribution in [3.63, 3.8) is 0 Å². The van der Waals surface area contributed by atoms with E-state index < -0.39 is 0 Å². The van der Waals surface area contributed by atoms with Crippen LogP contribution in [0, 0.1) is 5.92 Å². The lowest BCUT2D eigenvalue weighted by molar-refractivity contribution is -0.944. The van der Waals surface area contributed by atoms with Crippen molar-refractivity contribution in [2.45, 2.75) is 25.2 Å². The van der Waals surface area contributed by atoms with Crippen LogP contribution in [0.4, 0.5) is 0 Å². The average Bonchev–Trinajstić information content (AvgIpc) is 2.86. The molecule has 3 heteroatoms. The zero-order chi connectivity index (χ0) is 21.4. The first kappa shape index (κ1) is 19.8. The van der Waals surface area contributed by atoms with Crippen LogP contribution < -0.4 is 4.74 Å². The Balaban J connectivity index is 1.23. The van der Waals surface area contributed by atoms with Crippen molar-refractivity contribution in [3.8, 4) is 5.75 Å². The van der Waals surface area contributed by atoms with E-state index in [2.05, 4.69) is 48.5 Å². The highest BCUT2D eigenvalue weighted by Crippen LogP contribution is 2.45. The van der Waals surface area contributed by atoms with Crippen molar-refractivity contribution in [1.29, 1.82) is 0 Å². The summed E-state index contributed by atoms with van der Waals surface area (Å²) < 4.78 is 7.25. The molecule has 0 spiro atoms. The van der Waals surface area contributed by atoms with Crippen molar-refractivity contribution in [2.24, 2.45) is 5.92 Å². The molecule has 3 aromatic carbocycles. The normalized spacial score (nSPS) is 24.8. The van der Waals surface area contributed by atoms with E-state index in [1.807, 2.05) is 30.3 Å². The molecule has 3 saturated heterocycles. The topological polar surface area (TPSA) is 22.1 Å². The highest BCUT2D eigenvalue weighted by atomic mass is 16.5. The van der Waals surface area contributed by atoms with Gasteiger partial charge in [-0.05, 0) is 41.8 Å². The first-order chi connectivity index (χ1) is 15.8. The molecular formula is C29H31N2O+. The summed E-state index contributed by atoms with van der Waals surface area (Å²) in [6.07, 6.45) is 3.82. The predicted molar refractivity (Wildman–Crippen MR) is 131 cm³/mol. The lowest BCUT2D eigenvalue weighted by Gasteiger charge is -2.53. The van der Waals surface area contributed by atoms with Crippen LogP contribution in [0.15, 0.2) is 78.9 Å². The molecule has 0 unspecified atom stereocenters. The Morgan fingerprint density at radius 2 is 1.62 bits per heavy atom. The number of quaternary nitrogens is 1. The SMILES string of the molecule is c1ccc(OCCC[N+]23CCC(CC2)[C@H](c2cccc4nc5ccccc5cc24)C3)cc1. The molecule has 3 aliphatic heterocycles. The van der Waals surface area contributed by atoms with Gasteiger partial charge < -0.3 is 9.22 Å². The van der Waals surface area contributed by atoms with E-state index in [0.29, 0.717) is 5.92 Å². The number of piperidine rings is 3. The molecule has 3 aliphatic rings. The number of nitrogens with zero attached hydrogens (tertiary/aromatic N) is 2. The molecule has 4 aromatic rings. The number of rotatable bonds is 6. The van der Waals surface area contributed by atoms with E-state index >= 15 is 0 Å². The van der Waals surface area contributed by atoms with Crippen molar-refractivity contribution in [3.05, 3.63) is 84.4 Å². The number of aromatic nitrogens is 1. The Bertz CT molecular complexity index is 1230. The third kappa shape index (κ3) is 3.65. The third-order valence-corrected chi connectivity index (χ3v) is 7.88. The summed E-state index contributed by atoms with van der Waals surface area (Å²) in [5.41, 5.74) is 3.75. The molecule has 1 aromatic heterocycles. The van der Waals surface area contributed by atoms with E-state index in [1.54, 1.807) is 0 Å².